The van der Waals surface area contributed by atoms with Crippen molar-refractivity contribution in [1.29, 1.82) is 0 Å². The van der Waals surface area contributed by atoms with E-state index in [0.29, 0.717) is 0 Å². The lowest BCUT2D eigenvalue weighted by Crippen LogP contribution is -2.65. The Balaban J connectivity index is 6.56. The molecule has 0 aromatic heterocycles. The van der Waals surface area contributed by atoms with E-state index in [4.69, 9.17) is 8.85 Å². The number of rotatable bonds is 4. The van der Waals surface area contributed by atoms with Crippen molar-refractivity contribution in [1.82, 2.24) is 0 Å². The van der Waals surface area contributed by atoms with Gasteiger partial charge in [0, 0.05) is 14.2 Å². The van der Waals surface area contributed by atoms with Crippen LogP contribution < -0.4 is 0 Å². The van der Waals surface area contributed by atoms with Crippen LogP contribution in [0.2, 0.25) is 25.8 Å². The maximum absolute atomic E-state index is 6.51. The summed E-state index contributed by atoms with van der Waals surface area (Å²) >= 11 is 0. The van der Waals surface area contributed by atoms with Gasteiger partial charge in [0.25, 0.3) is 0 Å². The third-order valence-electron chi connectivity index (χ3n) is 6.04. The van der Waals surface area contributed by atoms with Gasteiger partial charge in [0.05, 0.1) is 0 Å². The van der Waals surface area contributed by atoms with Crippen LogP contribution in [0, 0.1) is 0 Å². The summed E-state index contributed by atoms with van der Waals surface area (Å²) in [5.41, 5.74) is 1.13. The predicted octanol–water partition coefficient (Wildman–Crippen LogP) is 6.91. The van der Waals surface area contributed by atoms with Gasteiger partial charge >= 0.3 is 0 Å². The summed E-state index contributed by atoms with van der Waals surface area (Å²) in [6.45, 7) is 28.4. The molecule has 0 atom stereocenters. The van der Waals surface area contributed by atoms with E-state index in [1.807, 2.05) is 14.2 Å². The highest BCUT2D eigenvalue weighted by Gasteiger charge is 2.65. The molecule has 0 spiro atoms. The van der Waals surface area contributed by atoms with Crippen LogP contribution in [-0.2, 0) is 8.85 Å². The van der Waals surface area contributed by atoms with Crippen LogP contribution in [0.3, 0.4) is 0 Å². The van der Waals surface area contributed by atoms with E-state index in [9.17, 15) is 0 Å². The lowest BCUT2D eigenvalue weighted by atomic mass is 10.2. The normalized spacial score (nSPS) is 15.9. The molecular formula is C19H44O2Si2. The molecule has 0 aliphatic carbocycles. The molecule has 0 heterocycles. The third kappa shape index (κ3) is 3.96. The molecule has 4 heteroatoms. The molecule has 0 N–H and O–H groups in total. The topological polar surface area (TPSA) is 18.5 Å². The standard InChI is InChI=1S/C19H44O2Si2/c1-16(2,3)22(20-13,17(4,5)6)15-23(21-14,18(7,8)9)19(10,11)12/h15H2,1-14H3. The van der Waals surface area contributed by atoms with Crippen molar-refractivity contribution in [2.45, 2.75) is 109 Å². The zero-order valence-corrected chi connectivity index (χ0v) is 20.5. The molecule has 140 valence electrons. The molecule has 0 saturated heterocycles. The van der Waals surface area contributed by atoms with Crippen LogP contribution in [-0.4, -0.2) is 30.9 Å². The van der Waals surface area contributed by atoms with Crippen molar-refractivity contribution in [3.05, 3.63) is 0 Å². The maximum Gasteiger partial charge on any atom is 0.202 e. The monoisotopic (exact) mass is 360 g/mol. The average Bonchev–Trinajstić information content (AvgIpc) is 2.23. The van der Waals surface area contributed by atoms with Gasteiger partial charge in [0.1, 0.15) is 0 Å². The Morgan fingerprint density at radius 1 is 0.478 bits per heavy atom. The summed E-state index contributed by atoms with van der Waals surface area (Å²) in [6.07, 6.45) is 0. The lowest BCUT2D eigenvalue weighted by Gasteiger charge is -2.58. The zero-order chi connectivity index (χ0) is 19.1. The van der Waals surface area contributed by atoms with Gasteiger partial charge in [-0.05, 0) is 25.8 Å². The van der Waals surface area contributed by atoms with Crippen LogP contribution in [0.25, 0.3) is 0 Å². The van der Waals surface area contributed by atoms with E-state index < -0.39 is 16.6 Å². The minimum Gasteiger partial charge on any atom is -0.419 e. The fraction of sp³-hybridized carbons (Fsp3) is 1.00. The minimum absolute atomic E-state index is 0.160. The Kier molecular flexibility index (Phi) is 6.68. The molecule has 0 fully saturated rings. The van der Waals surface area contributed by atoms with Crippen molar-refractivity contribution in [2.24, 2.45) is 0 Å². The van der Waals surface area contributed by atoms with Crippen molar-refractivity contribution in [2.75, 3.05) is 14.2 Å². The van der Waals surface area contributed by atoms with Crippen molar-refractivity contribution in [3.8, 4) is 0 Å². The van der Waals surface area contributed by atoms with Crippen LogP contribution in [0.15, 0.2) is 0 Å². The summed E-state index contributed by atoms with van der Waals surface area (Å²) in [5, 5.41) is 0.640. The smallest absolute Gasteiger partial charge is 0.202 e. The molecule has 0 aliphatic heterocycles. The molecule has 0 radical (unpaired) electrons. The second kappa shape index (κ2) is 6.58. The highest BCUT2D eigenvalue weighted by atomic mass is 28.4. The molecular weight excluding hydrogens is 316 g/mol. The van der Waals surface area contributed by atoms with Gasteiger partial charge in [-0.15, -0.1) is 0 Å². The Bertz CT molecular complexity index is 324. The van der Waals surface area contributed by atoms with Crippen LogP contribution in [0.1, 0.15) is 83.1 Å². The Morgan fingerprint density at radius 3 is 0.739 bits per heavy atom. The first-order chi connectivity index (χ1) is 9.83. The van der Waals surface area contributed by atoms with Gasteiger partial charge in [-0.3, -0.25) is 0 Å². The third-order valence-corrected chi connectivity index (χ3v) is 21.1. The highest BCUT2D eigenvalue weighted by molar-refractivity contribution is 6.96. The van der Waals surface area contributed by atoms with Crippen LogP contribution >= 0.6 is 0 Å². The van der Waals surface area contributed by atoms with Gasteiger partial charge < -0.3 is 8.85 Å². The molecule has 0 amide bonds. The van der Waals surface area contributed by atoms with E-state index >= 15 is 0 Å². The molecule has 0 saturated carbocycles. The molecule has 23 heavy (non-hydrogen) atoms. The van der Waals surface area contributed by atoms with E-state index in [2.05, 4.69) is 83.1 Å². The van der Waals surface area contributed by atoms with E-state index in [1.165, 1.54) is 0 Å². The molecule has 0 unspecified atom stereocenters. The minimum atomic E-state index is -2.11. The summed E-state index contributed by atoms with van der Waals surface area (Å²) in [6, 6.07) is 0. The fourth-order valence-corrected chi connectivity index (χ4v) is 24.4. The summed E-state index contributed by atoms with van der Waals surface area (Å²) in [5.74, 6) is 0. The second-order valence-corrected chi connectivity index (χ2v) is 22.8. The molecule has 0 aliphatic rings. The highest BCUT2D eigenvalue weighted by Crippen LogP contribution is 2.62. The maximum atomic E-state index is 6.51. The van der Waals surface area contributed by atoms with Gasteiger partial charge in [-0.2, -0.15) is 0 Å². The zero-order valence-electron chi connectivity index (χ0n) is 18.5. The summed E-state index contributed by atoms with van der Waals surface area (Å²) in [7, 11) is -0.329. The van der Waals surface area contributed by atoms with Crippen LogP contribution in [0.5, 0.6) is 0 Å². The molecule has 2 nitrogen and oxygen atoms in total. The van der Waals surface area contributed by atoms with E-state index in [0.717, 1.165) is 5.67 Å². The Labute approximate surface area is 149 Å². The van der Waals surface area contributed by atoms with Gasteiger partial charge in [-0.1, -0.05) is 83.1 Å². The van der Waals surface area contributed by atoms with Crippen molar-refractivity contribution in [3.63, 3.8) is 0 Å². The van der Waals surface area contributed by atoms with Crippen LogP contribution in [0.4, 0.5) is 0 Å². The summed E-state index contributed by atoms with van der Waals surface area (Å²) < 4.78 is 13.0. The fourth-order valence-electron chi connectivity index (χ4n) is 5.03. The van der Waals surface area contributed by atoms with Crippen molar-refractivity contribution >= 4 is 16.6 Å². The molecule has 0 bridgehead atoms. The largest absolute Gasteiger partial charge is 0.419 e. The Hall–Kier alpha value is 0.354. The van der Waals surface area contributed by atoms with Gasteiger partial charge in [0.15, 0.2) is 0 Å². The average molecular weight is 361 g/mol. The number of hydrogen-bond donors (Lipinski definition) is 0. The van der Waals surface area contributed by atoms with Gasteiger partial charge in [0.2, 0.25) is 16.6 Å². The molecule has 0 rings (SSSR count). The molecule has 0 aromatic carbocycles. The Morgan fingerprint density at radius 2 is 0.652 bits per heavy atom. The SMILES string of the molecule is CO[Si](C[Si](OC)(C(C)(C)C)C(C)(C)C)(C(C)(C)C)C(C)(C)C. The lowest BCUT2D eigenvalue weighted by molar-refractivity contribution is 0.303. The first kappa shape index (κ1) is 23.4. The second-order valence-electron chi connectivity index (χ2n) is 11.2. The first-order valence-electron chi connectivity index (χ1n) is 8.93. The number of hydrogen-bond acceptors (Lipinski definition) is 2. The molecule has 0 aromatic rings. The van der Waals surface area contributed by atoms with E-state index in [-0.39, 0.29) is 20.2 Å². The predicted molar refractivity (Wildman–Crippen MR) is 109 cm³/mol. The quantitative estimate of drug-likeness (QED) is 0.507. The first-order valence-corrected chi connectivity index (χ1v) is 13.2. The van der Waals surface area contributed by atoms with Crippen molar-refractivity contribution < 1.29 is 8.85 Å². The summed E-state index contributed by atoms with van der Waals surface area (Å²) in [4.78, 5) is 0. The van der Waals surface area contributed by atoms with Gasteiger partial charge in [-0.25, -0.2) is 0 Å². The van der Waals surface area contributed by atoms with E-state index in [1.54, 1.807) is 0 Å².